The Morgan fingerprint density at radius 3 is 2.86 bits per heavy atom. The van der Waals surface area contributed by atoms with Crippen molar-refractivity contribution in [3.05, 3.63) is 0 Å². The van der Waals surface area contributed by atoms with Gasteiger partial charge in [-0.25, -0.2) is 0 Å². The van der Waals surface area contributed by atoms with Crippen LogP contribution in [0, 0.1) is 5.92 Å². The maximum Gasteiger partial charge on any atom is 0.248 e. The fourth-order valence-corrected chi connectivity index (χ4v) is 1.86. The Hall–Kier alpha value is -0.610. The van der Waals surface area contributed by atoms with Crippen LogP contribution in [0.15, 0.2) is 0 Å². The second kappa shape index (κ2) is 3.87. The van der Waals surface area contributed by atoms with E-state index in [2.05, 4.69) is 13.8 Å². The molecule has 2 rings (SSSR count). The van der Waals surface area contributed by atoms with Crippen molar-refractivity contribution in [3.63, 3.8) is 0 Å². The molecule has 0 saturated carbocycles. The SMILES string of the molecule is CC(C)[C@H]1CN2C[C@@H](CO1)OCC2=O. The molecule has 0 radical (unpaired) electrons. The number of amides is 1. The number of hydrogen-bond donors (Lipinski definition) is 0. The van der Waals surface area contributed by atoms with Crippen molar-refractivity contribution >= 4 is 5.91 Å². The monoisotopic (exact) mass is 199 g/mol. The largest absolute Gasteiger partial charge is 0.373 e. The molecule has 0 unspecified atom stereocenters. The lowest BCUT2D eigenvalue weighted by atomic mass is 10.1. The van der Waals surface area contributed by atoms with Crippen molar-refractivity contribution in [2.45, 2.75) is 26.1 Å². The Kier molecular flexibility index (Phi) is 2.74. The van der Waals surface area contributed by atoms with Crippen molar-refractivity contribution in [3.8, 4) is 0 Å². The highest BCUT2D eigenvalue weighted by molar-refractivity contribution is 5.78. The Bertz CT molecular complexity index is 229. The minimum atomic E-state index is 0.0800. The molecular weight excluding hydrogens is 182 g/mol. The molecule has 14 heavy (non-hydrogen) atoms. The molecule has 2 fully saturated rings. The number of nitrogens with zero attached hydrogens (tertiary/aromatic N) is 1. The van der Waals surface area contributed by atoms with Gasteiger partial charge >= 0.3 is 0 Å². The zero-order valence-electron chi connectivity index (χ0n) is 8.73. The van der Waals surface area contributed by atoms with Gasteiger partial charge in [-0.2, -0.15) is 0 Å². The topological polar surface area (TPSA) is 38.8 Å². The number of carbonyl (C=O) groups is 1. The Labute approximate surface area is 84.2 Å². The molecule has 4 nitrogen and oxygen atoms in total. The van der Waals surface area contributed by atoms with E-state index < -0.39 is 0 Å². The van der Waals surface area contributed by atoms with E-state index >= 15 is 0 Å². The predicted octanol–water partition coefficient (Wildman–Crippen LogP) is 0.269. The van der Waals surface area contributed by atoms with Crippen LogP contribution in [0.25, 0.3) is 0 Å². The second-order valence-electron chi connectivity index (χ2n) is 4.35. The van der Waals surface area contributed by atoms with Gasteiger partial charge in [0.2, 0.25) is 5.91 Å². The van der Waals surface area contributed by atoms with Gasteiger partial charge in [0.1, 0.15) is 6.61 Å². The van der Waals surface area contributed by atoms with E-state index in [0.717, 1.165) is 6.54 Å². The smallest absolute Gasteiger partial charge is 0.248 e. The Balaban J connectivity index is 2.06. The average Bonchev–Trinajstić information content (AvgIpc) is 2.32. The fraction of sp³-hybridized carbons (Fsp3) is 0.900. The lowest BCUT2D eigenvalue weighted by Gasteiger charge is -2.30. The quantitative estimate of drug-likeness (QED) is 0.608. The van der Waals surface area contributed by atoms with Gasteiger partial charge < -0.3 is 14.4 Å². The Morgan fingerprint density at radius 1 is 1.36 bits per heavy atom. The maximum absolute atomic E-state index is 11.5. The van der Waals surface area contributed by atoms with Crippen molar-refractivity contribution in [2.24, 2.45) is 5.92 Å². The van der Waals surface area contributed by atoms with Crippen LogP contribution in [-0.2, 0) is 14.3 Å². The van der Waals surface area contributed by atoms with Gasteiger partial charge in [-0.3, -0.25) is 4.79 Å². The standard InChI is InChI=1S/C10H17NO3/c1-7(2)9-4-11-3-8(5-14-9)13-6-10(11)12/h7-9H,3-6H2,1-2H3/t8-,9+/m0/s1. The number of ether oxygens (including phenoxy) is 2. The van der Waals surface area contributed by atoms with E-state index in [9.17, 15) is 4.79 Å². The molecule has 0 aliphatic carbocycles. The Morgan fingerprint density at radius 2 is 2.14 bits per heavy atom. The summed E-state index contributed by atoms with van der Waals surface area (Å²) in [5.74, 6) is 0.541. The molecule has 0 spiro atoms. The number of hydrogen-bond acceptors (Lipinski definition) is 3. The van der Waals surface area contributed by atoms with Crippen LogP contribution in [0.4, 0.5) is 0 Å². The molecule has 2 heterocycles. The summed E-state index contributed by atoms with van der Waals surface area (Å²) in [5.41, 5.74) is 0. The normalized spacial score (nSPS) is 33.4. The number of rotatable bonds is 1. The highest BCUT2D eigenvalue weighted by Crippen LogP contribution is 2.18. The van der Waals surface area contributed by atoms with Crippen LogP contribution in [0.1, 0.15) is 13.8 Å². The first kappa shape index (κ1) is 9.93. The van der Waals surface area contributed by atoms with Crippen LogP contribution in [-0.4, -0.2) is 49.3 Å². The summed E-state index contributed by atoms with van der Waals surface area (Å²) in [7, 11) is 0. The van der Waals surface area contributed by atoms with E-state index in [1.807, 2.05) is 4.90 Å². The summed E-state index contributed by atoms with van der Waals surface area (Å²) in [5, 5.41) is 0. The summed E-state index contributed by atoms with van der Waals surface area (Å²) in [6.45, 7) is 6.49. The third-order valence-corrected chi connectivity index (χ3v) is 2.86. The van der Waals surface area contributed by atoms with E-state index in [1.165, 1.54) is 0 Å². The van der Waals surface area contributed by atoms with Gasteiger partial charge in [0.05, 0.1) is 18.8 Å². The van der Waals surface area contributed by atoms with Gasteiger partial charge in [-0.05, 0) is 5.92 Å². The molecule has 2 saturated heterocycles. The van der Waals surface area contributed by atoms with Gasteiger partial charge in [0.25, 0.3) is 0 Å². The van der Waals surface area contributed by atoms with Gasteiger partial charge in [-0.15, -0.1) is 0 Å². The first-order valence-electron chi connectivity index (χ1n) is 5.18. The van der Waals surface area contributed by atoms with Gasteiger partial charge in [-0.1, -0.05) is 13.8 Å². The zero-order chi connectivity index (χ0) is 10.1. The molecule has 2 bridgehead atoms. The van der Waals surface area contributed by atoms with Crippen LogP contribution in [0.5, 0.6) is 0 Å². The molecule has 4 heteroatoms. The molecule has 2 aliphatic heterocycles. The molecule has 0 aromatic carbocycles. The highest BCUT2D eigenvalue weighted by Gasteiger charge is 2.33. The van der Waals surface area contributed by atoms with Crippen LogP contribution >= 0.6 is 0 Å². The van der Waals surface area contributed by atoms with Crippen molar-refractivity contribution in [1.29, 1.82) is 0 Å². The minimum Gasteiger partial charge on any atom is -0.373 e. The third kappa shape index (κ3) is 1.91. The van der Waals surface area contributed by atoms with Crippen molar-refractivity contribution < 1.29 is 14.3 Å². The first-order chi connectivity index (χ1) is 6.66. The highest BCUT2D eigenvalue weighted by atomic mass is 16.5. The summed E-state index contributed by atoms with van der Waals surface area (Å²) < 4.78 is 11.1. The molecule has 80 valence electrons. The van der Waals surface area contributed by atoms with Crippen LogP contribution in [0.2, 0.25) is 0 Å². The third-order valence-electron chi connectivity index (χ3n) is 2.86. The van der Waals surface area contributed by atoms with Gasteiger partial charge in [0.15, 0.2) is 0 Å². The number of carbonyl (C=O) groups excluding carboxylic acids is 1. The molecule has 2 atom stereocenters. The summed E-state index contributed by atoms with van der Waals surface area (Å²) >= 11 is 0. The maximum atomic E-state index is 11.5. The van der Waals surface area contributed by atoms with Crippen LogP contribution in [0.3, 0.4) is 0 Å². The summed E-state index contributed by atoms with van der Waals surface area (Å²) in [4.78, 5) is 13.3. The molecule has 0 N–H and O–H groups in total. The molecule has 0 aromatic heterocycles. The summed E-state index contributed by atoms with van der Waals surface area (Å²) in [6.07, 6.45) is 0.238. The van der Waals surface area contributed by atoms with Crippen LogP contribution < -0.4 is 0 Å². The number of morpholine rings is 1. The number of fused-ring (bicyclic) bond motifs is 2. The molecular formula is C10H17NO3. The molecule has 0 aromatic rings. The van der Waals surface area contributed by atoms with Crippen molar-refractivity contribution in [1.82, 2.24) is 4.90 Å². The fourth-order valence-electron chi connectivity index (χ4n) is 1.86. The summed E-state index contributed by atoms with van der Waals surface area (Å²) in [6, 6.07) is 0. The second-order valence-corrected chi connectivity index (χ2v) is 4.35. The first-order valence-corrected chi connectivity index (χ1v) is 5.18. The zero-order valence-corrected chi connectivity index (χ0v) is 8.73. The van der Waals surface area contributed by atoms with E-state index in [0.29, 0.717) is 19.1 Å². The van der Waals surface area contributed by atoms with E-state index in [4.69, 9.17) is 9.47 Å². The van der Waals surface area contributed by atoms with Crippen molar-refractivity contribution in [2.75, 3.05) is 26.3 Å². The average molecular weight is 199 g/mol. The lowest BCUT2D eigenvalue weighted by Crippen LogP contribution is -2.47. The van der Waals surface area contributed by atoms with Gasteiger partial charge in [0, 0.05) is 13.1 Å². The lowest BCUT2D eigenvalue weighted by molar-refractivity contribution is -0.147. The van der Waals surface area contributed by atoms with E-state index in [1.54, 1.807) is 0 Å². The minimum absolute atomic E-state index is 0.0800. The molecule has 2 aliphatic rings. The predicted molar refractivity (Wildman–Crippen MR) is 50.9 cm³/mol. The van der Waals surface area contributed by atoms with E-state index in [-0.39, 0.29) is 24.7 Å². The molecule has 1 amide bonds.